The lowest BCUT2D eigenvalue weighted by molar-refractivity contribution is -0.129. The molecule has 0 aromatic heterocycles. The molecule has 0 fully saturated rings. The van der Waals surface area contributed by atoms with Crippen LogP contribution in [0.4, 0.5) is 11.4 Å². The van der Waals surface area contributed by atoms with Crippen LogP contribution in [-0.4, -0.2) is 48.9 Å². The van der Waals surface area contributed by atoms with Crippen LogP contribution in [0.1, 0.15) is 11.1 Å². The number of nitrogens with two attached hydrogens (primary N) is 2. The second kappa shape index (κ2) is 18.2. The van der Waals surface area contributed by atoms with Gasteiger partial charge in [-0.05, 0) is 81.9 Å². The van der Waals surface area contributed by atoms with Crippen molar-refractivity contribution in [3.05, 3.63) is 181 Å². The SMILES string of the molecule is N[C@@H](Cc1ccccc1)C(=O)N(C(=O)COc1cccc(OCC(=O)N(C(=O)[C@@H](N)Cc2ccccc2)c2ccc3ccccc3c2)c1)c1ccc2ccccc2c1. The Bertz CT molecular complexity index is 2390. The molecule has 0 spiro atoms. The van der Waals surface area contributed by atoms with Crippen LogP contribution in [0.2, 0.25) is 0 Å². The van der Waals surface area contributed by atoms with Gasteiger partial charge in [0.15, 0.2) is 13.2 Å². The number of amides is 4. The molecule has 0 bridgehead atoms. The van der Waals surface area contributed by atoms with E-state index < -0.39 is 48.9 Å². The monoisotopic (exact) mass is 770 g/mol. The van der Waals surface area contributed by atoms with Gasteiger partial charge in [-0.3, -0.25) is 19.2 Å². The molecule has 4 N–H and O–H groups in total. The number of carbonyl (C=O) groups is 4. The predicted octanol–water partition coefficient (Wildman–Crippen LogP) is 7.01. The number of rotatable bonds is 14. The van der Waals surface area contributed by atoms with E-state index >= 15 is 0 Å². The molecule has 0 saturated heterocycles. The maximum absolute atomic E-state index is 13.9. The zero-order valence-corrected chi connectivity index (χ0v) is 31.6. The fourth-order valence-electron chi connectivity index (χ4n) is 6.74. The quantitative estimate of drug-likeness (QED) is 0.120. The lowest BCUT2D eigenvalue weighted by Crippen LogP contribution is -2.49. The summed E-state index contributed by atoms with van der Waals surface area (Å²) in [6.45, 7) is -0.995. The van der Waals surface area contributed by atoms with Crippen molar-refractivity contribution in [2.24, 2.45) is 11.5 Å². The van der Waals surface area contributed by atoms with Crippen molar-refractivity contribution in [2.45, 2.75) is 24.9 Å². The van der Waals surface area contributed by atoms with Crippen LogP contribution in [0.3, 0.4) is 0 Å². The average molecular weight is 771 g/mol. The molecule has 7 aromatic carbocycles. The molecule has 7 aromatic rings. The Balaban J connectivity index is 1.06. The number of carbonyl (C=O) groups excluding carboxylic acids is 4. The fourth-order valence-corrected chi connectivity index (χ4v) is 6.74. The van der Waals surface area contributed by atoms with Gasteiger partial charge in [-0.25, -0.2) is 9.80 Å². The van der Waals surface area contributed by atoms with E-state index in [0.29, 0.717) is 11.4 Å². The summed E-state index contributed by atoms with van der Waals surface area (Å²) >= 11 is 0. The molecule has 58 heavy (non-hydrogen) atoms. The zero-order chi connectivity index (χ0) is 40.4. The zero-order valence-electron chi connectivity index (χ0n) is 31.6. The molecule has 2 atom stereocenters. The summed E-state index contributed by atoms with van der Waals surface area (Å²) in [5.74, 6) is -1.88. The summed E-state index contributed by atoms with van der Waals surface area (Å²) in [6, 6.07) is 49.1. The van der Waals surface area contributed by atoms with Crippen molar-refractivity contribution in [3.8, 4) is 11.5 Å². The van der Waals surface area contributed by atoms with Gasteiger partial charge in [0, 0.05) is 6.07 Å². The van der Waals surface area contributed by atoms with Gasteiger partial charge < -0.3 is 20.9 Å². The molecular weight excluding hydrogens is 729 g/mol. The number of fused-ring (bicyclic) bond motifs is 2. The molecule has 10 nitrogen and oxygen atoms in total. The van der Waals surface area contributed by atoms with Crippen molar-refractivity contribution >= 4 is 56.5 Å². The maximum atomic E-state index is 13.9. The summed E-state index contributed by atoms with van der Waals surface area (Å²) in [5, 5.41) is 3.60. The van der Waals surface area contributed by atoms with Gasteiger partial charge in [-0.1, -0.05) is 127 Å². The van der Waals surface area contributed by atoms with Crippen LogP contribution in [0.25, 0.3) is 21.5 Å². The van der Waals surface area contributed by atoms with E-state index in [9.17, 15) is 19.2 Å². The summed E-state index contributed by atoms with van der Waals surface area (Å²) in [6.07, 6.45) is 0.470. The number of imide groups is 2. The minimum atomic E-state index is -0.999. The summed E-state index contributed by atoms with van der Waals surface area (Å²) in [5.41, 5.74) is 15.3. The van der Waals surface area contributed by atoms with Crippen molar-refractivity contribution < 1.29 is 28.7 Å². The third-order valence-corrected chi connectivity index (χ3v) is 9.68. The third kappa shape index (κ3) is 9.44. The molecule has 0 unspecified atom stereocenters. The highest BCUT2D eigenvalue weighted by Crippen LogP contribution is 2.26. The number of hydrogen-bond acceptors (Lipinski definition) is 8. The first-order valence-corrected chi connectivity index (χ1v) is 18.9. The number of anilines is 2. The highest BCUT2D eigenvalue weighted by Gasteiger charge is 2.30. The second-order valence-corrected chi connectivity index (χ2v) is 13.8. The van der Waals surface area contributed by atoms with Gasteiger partial charge in [0.25, 0.3) is 23.6 Å². The van der Waals surface area contributed by atoms with Crippen LogP contribution < -0.4 is 30.7 Å². The van der Waals surface area contributed by atoms with E-state index in [4.69, 9.17) is 20.9 Å². The van der Waals surface area contributed by atoms with E-state index in [1.54, 1.807) is 42.5 Å². The molecule has 0 aliphatic rings. The van der Waals surface area contributed by atoms with Crippen molar-refractivity contribution in [2.75, 3.05) is 23.0 Å². The molecule has 7 rings (SSSR count). The van der Waals surface area contributed by atoms with Gasteiger partial charge in [-0.15, -0.1) is 0 Å². The Morgan fingerprint density at radius 2 is 0.810 bits per heavy atom. The van der Waals surface area contributed by atoms with Crippen molar-refractivity contribution in [1.82, 2.24) is 0 Å². The Hall–Kier alpha value is -7.14. The van der Waals surface area contributed by atoms with E-state index in [-0.39, 0.29) is 24.3 Å². The summed E-state index contributed by atoms with van der Waals surface area (Å²) < 4.78 is 11.8. The minimum absolute atomic E-state index is 0.235. The molecule has 0 aliphatic carbocycles. The molecular formula is C48H42N4O6. The maximum Gasteiger partial charge on any atom is 0.271 e. The van der Waals surface area contributed by atoms with Gasteiger partial charge in [0.1, 0.15) is 11.5 Å². The van der Waals surface area contributed by atoms with Crippen LogP contribution >= 0.6 is 0 Å². The topological polar surface area (TPSA) is 145 Å². The van der Waals surface area contributed by atoms with Crippen LogP contribution in [0.15, 0.2) is 170 Å². The molecule has 0 radical (unpaired) electrons. The number of nitrogens with zero attached hydrogens (tertiary/aromatic N) is 2. The summed E-state index contributed by atoms with van der Waals surface area (Å²) in [4.78, 5) is 57.7. The average Bonchev–Trinajstić information content (AvgIpc) is 3.25. The normalized spacial score (nSPS) is 12.0. The van der Waals surface area contributed by atoms with Crippen LogP contribution in [0.5, 0.6) is 11.5 Å². The van der Waals surface area contributed by atoms with Gasteiger partial charge in [0.05, 0.1) is 23.5 Å². The molecule has 4 amide bonds. The smallest absolute Gasteiger partial charge is 0.271 e. The van der Waals surface area contributed by atoms with E-state index in [1.807, 2.05) is 121 Å². The predicted molar refractivity (Wildman–Crippen MR) is 227 cm³/mol. The van der Waals surface area contributed by atoms with E-state index in [2.05, 4.69) is 0 Å². The van der Waals surface area contributed by atoms with Crippen molar-refractivity contribution in [3.63, 3.8) is 0 Å². The molecule has 290 valence electrons. The molecule has 10 heteroatoms. The van der Waals surface area contributed by atoms with E-state index in [1.165, 1.54) is 6.07 Å². The Morgan fingerprint density at radius 3 is 1.22 bits per heavy atom. The third-order valence-electron chi connectivity index (χ3n) is 9.68. The number of hydrogen-bond donors (Lipinski definition) is 2. The summed E-state index contributed by atoms with van der Waals surface area (Å²) in [7, 11) is 0. The lowest BCUT2D eigenvalue weighted by atomic mass is 10.0. The van der Waals surface area contributed by atoms with Crippen LogP contribution in [-0.2, 0) is 32.0 Å². The molecule has 0 heterocycles. The van der Waals surface area contributed by atoms with Gasteiger partial charge >= 0.3 is 0 Å². The lowest BCUT2D eigenvalue weighted by Gasteiger charge is -2.25. The van der Waals surface area contributed by atoms with E-state index in [0.717, 1.165) is 42.5 Å². The first kappa shape index (κ1) is 39.1. The Morgan fingerprint density at radius 1 is 0.431 bits per heavy atom. The largest absolute Gasteiger partial charge is 0.484 e. The van der Waals surface area contributed by atoms with Crippen molar-refractivity contribution in [1.29, 1.82) is 0 Å². The number of ether oxygens (including phenoxy) is 2. The minimum Gasteiger partial charge on any atom is -0.484 e. The van der Waals surface area contributed by atoms with Crippen LogP contribution in [0, 0.1) is 0 Å². The first-order chi connectivity index (χ1) is 28.2. The Kier molecular flexibility index (Phi) is 12.3. The number of benzene rings is 7. The molecule has 0 saturated carbocycles. The Labute approximate surface area is 336 Å². The van der Waals surface area contributed by atoms with Gasteiger partial charge in [-0.2, -0.15) is 0 Å². The first-order valence-electron chi connectivity index (χ1n) is 18.9. The fraction of sp³-hybridized carbons (Fsp3) is 0.125. The highest BCUT2D eigenvalue weighted by atomic mass is 16.5. The standard InChI is InChI=1S/C48H42N4O6/c49-43(26-33-12-3-1-4-13-33)47(55)51(39-24-22-35-16-7-9-18-37(35)28-39)45(53)31-57-41-20-11-21-42(30-41)58-32-46(54)52(40-25-23-36-17-8-10-19-38(36)29-40)48(56)44(50)27-34-14-5-2-6-15-34/h1-25,28-30,43-44H,26-27,31-32,49-50H2/t43-,44-/m0/s1. The molecule has 0 aliphatic heterocycles. The van der Waals surface area contributed by atoms with Gasteiger partial charge in [0.2, 0.25) is 0 Å². The highest BCUT2D eigenvalue weighted by molar-refractivity contribution is 6.18. The second-order valence-electron chi connectivity index (χ2n) is 13.8.